The van der Waals surface area contributed by atoms with Gasteiger partial charge in [0.2, 0.25) is 0 Å². The van der Waals surface area contributed by atoms with E-state index in [9.17, 15) is 8.42 Å². The fourth-order valence-electron chi connectivity index (χ4n) is 0.667. The summed E-state index contributed by atoms with van der Waals surface area (Å²) in [7, 11) is -3.03. The summed E-state index contributed by atoms with van der Waals surface area (Å²) in [4.78, 5) is 0.894. The second-order valence-corrected chi connectivity index (χ2v) is 5.61. The minimum absolute atomic E-state index is 0.387. The summed E-state index contributed by atoms with van der Waals surface area (Å²) in [6.45, 7) is 0.403. The smallest absolute Gasteiger partial charge is 0.184 e. The van der Waals surface area contributed by atoms with Crippen LogP contribution in [0.2, 0.25) is 0 Å². The molecule has 0 spiro atoms. The zero-order valence-corrected chi connectivity index (χ0v) is 7.71. The molecule has 1 aromatic rings. The van der Waals surface area contributed by atoms with Crippen molar-refractivity contribution in [2.75, 3.05) is 6.26 Å². The summed E-state index contributed by atoms with van der Waals surface area (Å²) < 4.78 is 22.3. The third kappa shape index (κ3) is 2.02. The predicted molar refractivity (Wildman–Crippen MR) is 45.3 cm³/mol. The van der Waals surface area contributed by atoms with Gasteiger partial charge in [0.25, 0.3) is 0 Å². The van der Waals surface area contributed by atoms with Crippen LogP contribution >= 0.6 is 11.3 Å². The predicted octanol–water partition coefficient (Wildman–Crippen LogP) is 0.610. The molecule has 0 bridgehead atoms. The highest BCUT2D eigenvalue weighted by atomic mass is 32.2. The van der Waals surface area contributed by atoms with Gasteiger partial charge in [-0.05, 0) is 12.1 Å². The lowest BCUT2D eigenvalue weighted by atomic mass is 10.5. The van der Waals surface area contributed by atoms with Crippen molar-refractivity contribution in [3.8, 4) is 0 Å². The Labute approximate surface area is 69.8 Å². The van der Waals surface area contributed by atoms with E-state index in [-0.39, 0.29) is 0 Å². The fraction of sp³-hybridized carbons (Fsp3) is 0.333. The van der Waals surface area contributed by atoms with Gasteiger partial charge in [-0.2, -0.15) is 0 Å². The van der Waals surface area contributed by atoms with Gasteiger partial charge in [0.1, 0.15) is 4.21 Å². The monoisotopic (exact) mass is 191 g/mol. The van der Waals surface area contributed by atoms with Crippen molar-refractivity contribution in [2.45, 2.75) is 10.8 Å². The van der Waals surface area contributed by atoms with E-state index in [1.807, 2.05) is 0 Å². The third-order valence-electron chi connectivity index (χ3n) is 1.20. The Bertz CT molecular complexity index is 339. The topological polar surface area (TPSA) is 60.2 Å². The average molecular weight is 191 g/mol. The van der Waals surface area contributed by atoms with Crippen molar-refractivity contribution in [2.24, 2.45) is 5.73 Å². The Balaban J connectivity index is 3.09. The molecule has 0 saturated heterocycles. The molecule has 0 aromatic carbocycles. The van der Waals surface area contributed by atoms with Gasteiger partial charge in [-0.3, -0.25) is 0 Å². The fourth-order valence-corrected chi connectivity index (χ4v) is 2.52. The van der Waals surface area contributed by atoms with E-state index < -0.39 is 9.84 Å². The van der Waals surface area contributed by atoms with Crippen LogP contribution in [-0.4, -0.2) is 14.7 Å². The molecule has 11 heavy (non-hydrogen) atoms. The molecule has 5 heteroatoms. The first-order valence-corrected chi connectivity index (χ1v) is 5.73. The van der Waals surface area contributed by atoms with Crippen LogP contribution in [0.4, 0.5) is 0 Å². The highest BCUT2D eigenvalue weighted by molar-refractivity contribution is 7.92. The molecule has 1 heterocycles. The molecule has 0 atom stereocenters. The van der Waals surface area contributed by atoms with Crippen LogP contribution in [0.1, 0.15) is 4.88 Å². The van der Waals surface area contributed by atoms with Gasteiger partial charge in [-0.25, -0.2) is 8.42 Å². The molecule has 0 unspecified atom stereocenters. The van der Waals surface area contributed by atoms with E-state index in [0.29, 0.717) is 10.8 Å². The molecule has 0 amide bonds. The minimum atomic E-state index is -3.03. The molecule has 3 nitrogen and oxygen atoms in total. The van der Waals surface area contributed by atoms with Crippen molar-refractivity contribution in [3.05, 3.63) is 17.0 Å². The zero-order chi connectivity index (χ0) is 8.48. The third-order valence-corrected chi connectivity index (χ3v) is 4.13. The van der Waals surface area contributed by atoms with Crippen LogP contribution < -0.4 is 5.73 Å². The van der Waals surface area contributed by atoms with Gasteiger partial charge in [0.05, 0.1) is 0 Å². The molecule has 1 rings (SSSR count). The first-order valence-electron chi connectivity index (χ1n) is 3.03. The maximum atomic E-state index is 10.9. The Morgan fingerprint density at radius 3 is 2.45 bits per heavy atom. The number of hydrogen-bond acceptors (Lipinski definition) is 4. The molecule has 0 aliphatic rings. The maximum absolute atomic E-state index is 10.9. The van der Waals surface area contributed by atoms with Crippen LogP contribution in [-0.2, 0) is 16.4 Å². The summed E-state index contributed by atoms with van der Waals surface area (Å²) in [6, 6.07) is 3.32. The summed E-state index contributed by atoms with van der Waals surface area (Å²) in [6.07, 6.45) is 1.19. The SMILES string of the molecule is CS(=O)(=O)c1ccc(CN)s1. The molecule has 0 aliphatic heterocycles. The minimum Gasteiger partial charge on any atom is -0.326 e. The summed E-state index contributed by atoms with van der Waals surface area (Å²) in [5.41, 5.74) is 5.32. The van der Waals surface area contributed by atoms with E-state index in [1.165, 1.54) is 17.6 Å². The quantitative estimate of drug-likeness (QED) is 0.745. The van der Waals surface area contributed by atoms with Gasteiger partial charge in [-0.1, -0.05) is 0 Å². The van der Waals surface area contributed by atoms with Crippen LogP contribution in [0.3, 0.4) is 0 Å². The van der Waals surface area contributed by atoms with Crippen molar-refractivity contribution < 1.29 is 8.42 Å². The maximum Gasteiger partial charge on any atom is 0.184 e. The molecular weight excluding hydrogens is 182 g/mol. The first-order chi connectivity index (χ1) is 5.04. The lowest BCUT2D eigenvalue weighted by molar-refractivity contribution is 0.604. The molecule has 0 fully saturated rings. The first kappa shape index (κ1) is 8.70. The summed E-state index contributed by atoms with van der Waals surface area (Å²) in [5, 5.41) is 0. The van der Waals surface area contributed by atoms with Crippen LogP contribution in [0.25, 0.3) is 0 Å². The summed E-state index contributed by atoms with van der Waals surface area (Å²) >= 11 is 1.23. The molecule has 0 aliphatic carbocycles. The normalized spacial score (nSPS) is 11.8. The molecule has 62 valence electrons. The van der Waals surface area contributed by atoms with Crippen LogP contribution in [0.5, 0.6) is 0 Å². The molecule has 2 N–H and O–H groups in total. The Hall–Kier alpha value is -0.390. The summed E-state index contributed by atoms with van der Waals surface area (Å²) in [5.74, 6) is 0. The number of hydrogen-bond donors (Lipinski definition) is 1. The second-order valence-electron chi connectivity index (χ2n) is 2.20. The van der Waals surface area contributed by atoms with E-state index in [2.05, 4.69) is 0 Å². The molecule has 0 radical (unpaired) electrons. The highest BCUT2D eigenvalue weighted by Gasteiger charge is 2.08. The van der Waals surface area contributed by atoms with Crippen molar-refractivity contribution in [1.82, 2.24) is 0 Å². The number of sulfone groups is 1. The van der Waals surface area contributed by atoms with Gasteiger partial charge in [0, 0.05) is 17.7 Å². The number of thiophene rings is 1. The molecular formula is C6H9NO2S2. The van der Waals surface area contributed by atoms with Crippen molar-refractivity contribution in [3.63, 3.8) is 0 Å². The largest absolute Gasteiger partial charge is 0.326 e. The van der Waals surface area contributed by atoms with E-state index >= 15 is 0 Å². The lowest BCUT2D eigenvalue weighted by Crippen LogP contribution is -1.93. The van der Waals surface area contributed by atoms with Crippen LogP contribution in [0, 0.1) is 0 Å². The van der Waals surface area contributed by atoms with E-state index in [4.69, 9.17) is 5.73 Å². The average Bonchev–Trinajstić information content (AvgIpc) is 2.32. The Morgan fingerprint density at radius 1 is 1.55 bits per heavy atom. The van der Waals surface area contributed by atoms with Gasteiger partial charge in [-0.15, -0.1) is 11.3 Å². The molecule has 1 aromatic heterocycles. The molecule has 0 saturated carbocycles. The lowest BCUT2D eigenvalue weighted by Gasteiger charge is -1.88. The van der Waals surface area contributed by atoms with Gasteiger partial charge >= 0.3 is 0 Å². The van der Waals surface area contributed by atoms with Crippen LogP contribution in [0.15, 0.2) is 16.3 Å². The second kappa shape index (κ2) is 2.92. The highest BCUT2D eigenvalue weighted by Crippen LogP contribution is 2.20. The van der Waals surface area contributed by atoms with Gasteiger partial charge in [0.15, 0.2) is 9.84 Å². The number of rotatable bonds is 2. The van der Waals surface area contributed by atoms with E-state index in [1.54, 1.807) is 12.1 Å². The van der Waals surface area contributed by atoms with Crippen molar-refractivity contribution in [1.29, 1.82) is 0 Å². The number of nitrogens with two attached hydrogens (primary N) is 1. The standard InChI is InChI=1S/C6H9NO2S2/c1-11(8,9)6-3-2-5(4-7)10-6/h2-3H,4,7H2,1H3. The van der Waals surface area contributed by atoms with Crippen molar-refractivity contribution >= 4 is 21.2 Å². The Morgan fingerprint density at radius 2 is 2.18 bits per heavy atom. The van der Waals surface area contributed by atoms with Gasteiger partial charge < -0.3 is 5.73 Å². The Kier molecular flexibility index (Phi) is 2.31. The van der Waals surface area contributed by atoms with E-state index in [0.717, 1.165) is 4.88 Å². The zero-order valence-electron chi connectivity index (χ0n) is 6.07.